The molecule has 0 radical (unpaired) electrons. The maximum absolute atomic E-state index is 12.4. The van der Waals surface area contributed by atoms with Crippen molar-refractivity contribution in [3.05, 3.63) is 71.8 Å². The lowest BCUT2D eigenvalue weighted by Crippen LogP contribution is -2.28. The van der Waals surface area contributed by atoms with E-state index >= 15 is 0 Å². The Balaban J connectivity index is 2.19. The van der Waals surface area contributed by atoms with E-state index in [0.717, 1.165) is 5.56 Å². The van der Waals surface area contributed by atoms with Crippen LogP contribution in [0.15, 0.2) is 60.7 Å². The van der Waals surface area contributed by atoms with Crippen molar-refractivity contribution < 1.29 is 14.3 Å². The minimum Gasteiger partial charge on any atom is -0.454 e. The summed E-state index contributed by atoms with van der Waals surface area (Å²) in [4.78, 5) is 23.6. The molecule has 2 rings (SSSR count). The Morgan fingerprint density at radius 3 is 2.05 bits per heavy atom. The summed E-state index contributed by atoms with van der Waals surface area (Å²) in [5, 5.41) is 0. The molecule has 0 amide bonds. The molecule has 0 N–H and O–H groups in total. The van der Waals surface area contributed by atoms with E-state index in [4.69, 9.17) is 4.74 Å². The third-order valence-electron chi connectivity index (χ3n) is 2.92. The number of rotatable bonds is 5. The van der Waals surface area contributed by atoms with Crippen molar-refractivity contribution in [2.45, 2.75) is 19.4 Å². The molecular weight excluding hydrogens is 252 g/mol. The summed E-state index contributed by atoms with van der Waals surface area (Å²) in [5.74, 6) is -0.625. The maximum Gasteiger partial charge on any atom is 0.303 e. The second kappa shape index (κ2) is 6.66. The van der Waals surface area contributed by atoms with Crippen LogP contribution in [0, 0.1) is 0 Å². The van der Waals surface area contributed by atoms with Gasteiger partial charge in [0.05, 0.1) is 0 Å². The quantitative estimate of drug-likeness (QED) is 0.618. The summed E-state index contributed by atoms with van der Waals surface area (Å²) in [5.41, 5.74) is 1.51. The van der Waals surface area contributed by atoms with Gasteiger partial charge in [0.25, 0.3) is 0 Å². The number of ether oxygens (including phenoxy) is 1. The second-order valence-corrected chi connectivity index (χ2v) is 4.52. The van der Waals surface area contributed by atoms with Gasteiger partial charge in [-0.1, -0.05) is 60.7 Å². The summed E-state index contributed by atoms with van der Waals surface area (Å²) >= 11 is 0. The Hall–Kier alpha value is -2.42. The average molecular weight is 268 g/mol. The molecule has 3 heteroatoms. The van der Waals surface area contributed by atoms with Crippen LogP contribution in [0.1, 0.15) is 22.8 Å². The number of benzene rings is 2. The molecule has 0 aliphatic heterocycles. The SMILES string of the molecule is CC(=O)OC(Cc1ccccc1)C(=O)c1ccccc1. The molecule has 2 aromatic rings. The smallest absolute Gasteiger partial charge is 0.303 e. The van der Waals surface area contributed by atoms with Crippen LogP contribution in [0.2, 0.25) is 0 Å². The summed E-state index contributed by atoms with van der Waals surface area (Å²) in [6.45, 7) is 1.32. The molecule has 0 aromatic heterocycles. The monoisotopic (exact) mass is 268 g/mol. The van der Waals surface area contributed by atoms with Crippen molar-refractivity contribution in [2.24, 2.45) is 0 Å². The van der Waals surface area contributed by atoms with E-state index in [-0.39, 0.29) is 5.78 Å². The minimum atomic E-state index is -0.780. The van der Waals surface area contributed by atoms with Gasteiger partial charge < -0.3 is 4.74 Å². The van der Waals surface area contributed by atoms with Crippen LogP contribution in [-0.4, -0.2) is 17.9 Å². The molecule has 0 heterocycles. The lowest BCUT2D eigenvalue weighted by molar-refractivity contribution is -0.144. The van der Waals surface area contributed by atoms with Crippen LogP contribution < -0.4 is 0 Å². The molecule has 0 spiro atoms. The van der Waals surface area contributed by atoms with Crippen molar-refractivity contribution in [3.8, 4) is 0 Å². The van der Waals surface area contributed by atoms with Crippen LogP contribution >= 0.6 is 0 Å². The van der Waals surface area contributed by atoms with Gasteiger partial charge in [-0.15, -0.1) is 0 Å². The van der Waals surface area contributed by atoms with E-state index < -0.39 is 12.1 Å². The van der Waals surface area contributed by atoms with Gasteiger partial charge in [-0.25, -0.2) is 0 Å². The van der Waals surface area contributed by atoms with Crippen LogP contribution in [0.25, 0.3) is 0 Å². The van der Waals surface area contributed by atoms with Crippen molar-refractivity contribution in [1.82, 2.24) is 0 Å². The first-order chi connectivity index (χ1) is 9.66. The number of esters is 1. The zero-order valence-electron chi connectivity index (χ0n) is 11.3. The third kappa shape index (κ3) is 3.79. The number of hydrogen-bond acceptors (Lipinski definition) is 3. The van der Waals surface area contributed by atoms with Crippen LogP contribution in [-0.2, 0) is 16.0 Å². The van der Waals surface area contributed by atoms with E-state index in [2.05, 4.69) is 0 Å². The molecule has 0 fully saturated rings. The molecular formula is C17H16O3. The van der Waals surface area contributed by atoms with Crippen molar-refractivity contribution in [1.29, 1.82) is 0 Å². The highest BCUT2D eigenvalue weighted by atomic mass is 16.5. The van der Waals surface area contributed by atoms with Gasteiger partial charge in [0.2, 0.25) is 5.78 Å². The van der Waals surface area contributed by atoms with Gasteiger partial charge in [-0.2, -0.15) is 0 Å². The summed E-state index contributed by atoms with van der Waals surface area (Å²) in [6.07, 6.45) is -0.397. The van der Waals surface area contributed by atoms with Gasteiger partial charge in [-0.3, -0.25) is 9.59 Å². The van der Waals surface area contributed by atoms with Crippen molar-refractivity contribution >= 4 is 11.8 Å². The minimum absolute atomic E-state index is 0.176. The lowest BCUT2D eigenvalue weighted by Gasteiger charge is -2.16. The van der Waals surface area contributed by atoms with Gasteiger partial charge in [0, 0.05) is 18.9 Å². The number of hydrogen-bond donors (Lipinski definition) is 0. The molecule has 0 saturated carbocycles. The standard InChI is InChI=1S/C17H16O3/c1-13(18)20-16(12-14-8-4-2-5-9-14)17(19)15-10-6-3-7-11-15/h2-11,16H,12H2,1H3. The average Bonchev–Trinajstić information content (AvgIpc) is 2.47. The van der Waals surface area contributed by atoms with E-state index in [0.29, 0.717) is 12.0 Å². The Labute approximate surface area is 118 Å². The Bertz CT molecular complexity index is 576. The number of Topliss-reactive ketones (excluding diaryl/α,β-unsaturated/α-hetero) is 1. The fourth-order valence-electron chi connectivity index (χ4n) is 2.00. The fraction of sp³-hybridized carbons (Fsp3) is 0.176. The first-order valence-electron chi connectivity index (χ1n) is 6.47. The second-order valence-electron chi connectivity index (χ2n) is 4.52. The Morgan fingerprint density at radius 1 is 0.950 bits per heavy atom. The zero-order valence-corrected chi connectivity index (χ0v) is 11.3. The van der Waals surface area contributed by atoms with Crippen molar-refractivity contribution in [2.75, 3.05) is 0 Å². The highest BCUT2D eigenvalue weighted by Crippen LogP contribution is 2.12. The topological polar surface area (TPSA) is 43.4 Å². The highest BCUT2D eigenvalue weighted by Gasteiger charge is 2.23. The predicted molar refractivity (Wildman–Crippen MR) is 76.5 cm³/mol. The molecule has 1 unspecified atom stereocenters. The Kier molecular flexibility index (Phi) is 4.66. The number of carbonyl (C=O) groups is 2. The zero-order chi connectivity index (χ0) is 14.4. The molecule has 2 aromatic carbocycles. The summed E-state index contributed by atoms with van der Waals surface area (Å²) < 4.78 is 5.18. The first kappa shape index (κ1) is 14.0. The van der Waals surface area contributed by atoms with Gasteiger partial charge >= 0.3 is 5.97 Å². The van der Waals surface area contributed by atoms with E-state index in [1.165, 1.54) is 6.92 Å². The van der Waals surface area contributed by atoms with Gasteiger partial charge in [0.15, 0.2) is 6.10 Å². The summed E-state index contributed by atoms with van der Waals surface area (Å²) in [7, 11) is 0. The fourth-order valence-corrected chi connectivity index (χ4v) is 2.00. The molecule has 0 aliphatic carbocycles. The molecule has 20 heavy (non-hydrogen) atoms. The summed E-state index contributed by atoms with van der Waals surface area (Å²) in [6, 6.07) is 18.4. The van der Waals surface area contributed by atoms with Gasteiger partial charge in [0.1, 0.15) is 0 Å². The van der Waals surface area contributed by atoms with Crippen molar-refractivity contribution in [3.63, 3.8) is 0 Å². The number of carbonyl (C=O) groups excluding carboxylic acids is 2. The third-order valence-corrected chi connectivity index (χ3v) is 2.92. The maximum atomic E-state index is 12.4. The largest absolute Gasteiger partial charge is 0.454 e. The molecule has 3 nitrogen and oxygen atoms in total. The molecule has 0 bridgehead atoms. The normalized spacial score (nSPS) is 11.7. The molecule has 1 atom stereocenters. The van der Waals surface area contributed by atoms with Crippen LogP contribution in [0.4, 0.5) is 0 Å². The highest BCUT2D eigenvalue weighted by molar-refractivity contribution is 6.00. The first-order valence-corrected chi connectivity index (χ1v) is 6.47. The van der Waals surface area contributed by atoms with E-state index in [1.807, 2.05) is 36.4 Å². The predicted octanol–water partition coefficient (Wildman–Crippen LogP) is 3.04. The molecule has 0 saturated heterocycles. The van der Waals surface area contributed by atoms with E-state index in [9.17, 15) is 9.59 Å². The molecule has 0 aliphatic rings. The van der Waals surface area contributed by atoms with Gasteiger partial charge in [-0.05, 0) is 5.56 Å². The van der Waals surface area contributed by atoms with Crippen LogP contribution in [0.5, 0.6) is 0 Å². The molecule has 102 valence electrons. The van der Waals surface area contributed by atoms with Crippen LogP contribution in [0.3, 0.4) is 0 Å². The van der Waals surface area contributed by atoms with E-state index in [1.54, 1.807) is 24.3 Å². The lowest BCUT2D eigenvalue weighted by atomic mass is 10.00. The Morgan fingerprint density at radius 2 is 1.50 bits per heavy atom. The number of ketones is 1.